The lowest BCUT2D eigenvalue weighted by atomic mass is 10.0. The SMILES string of the molecule is NC(Cc1ncccc1F)=Nc1nc(N)nc(-c2ccccc2)c1-c1ccc(=O)[nH]c1. The Morgan fingerprint density at radius 1 is 1.03 bits per heavy atom. The highest BCUT2D eigenvalue weighted by Gasteiger charge is 2.18. The van der Waals surface area contributed by atoms with E-state index in [1.165, 1.54) is 30.6 Å². The van der Waals surface area contributed by atoms with Crippen molar-refractivity contribution in [3.63, 3.8) is 0 Å². The van der Waals surface area contributed by atoms with Gasteiger partial charge in [-0.2, -0.15) is 4.98 Å². The average molecular weight is 415 g/mol. The lowest BCUT2D eigenvalue weighted by Crippen LogP contribution is -2.17. The monoisotopic (exact) mass is 415 g/mol. The zero-order valence-electron chi connectivity index (χ0n) is 16.3. The molecule has 9 heteroatoms. The lowest BCUT2D eigenvalue weighted by Gasteiger charge is -2.13. The molecule has 4 aromatic rings. The van der Waals surface area contributed by atoms with Crippen LogP contribution in [0.3, 0.4) is 0 Å². The first-order valence-corrected chi connectivity index (χ1v) is 9.36. The number of nitrogens with one attached hydrogen (secondary N) is 1. The Labute approximate surface area is 176 Å². The molecule has 3 heterocycles. The predicted octanol–water partition coefficient (Wildman–Crippen LogP) is 2.85. The fourth-order valence-electron chi connectivity index (χ4n) is 3.08. The maximum atomic E-state index is 14.0. The van der Waals surface area contributed by atoms with Gasteiger partial charge in [-0.05, 0) is 18.2 Å². The van der Waals surface area contributed by atoms with Crippen molar-refractivity contribution in [2.45, 2.75) is 6.42 Å². The van der Waals surface area contributed by atoms with Gasteiger partial charge in [-0.3, -0.25) is 9.78 Å². The number of aromatic amines is 1. The summed E-state index contributed by atoms with van der Waals surface area (Å²) >= 11 is 0. The van der Waals surface area contributed by atoms with Gasteiger partial charge in [-0.1, -0.05) is 30.3 Å². The van der Waals surface area contributed by atoms with Crippen LogP contribution in [0.2, 0.25) is 0 Å². The van der Waals surface area contributed by atoms with Crippen molar-refractivity contribution >= 4 is 17.6 Å². The van der Waals surface area contributed by atoms with E-state index in [-0.39, 0.29) is 35.3 Å². The number of hydrogen-bond acceptors (Lipinski definition) is 6. The van der Waals surface area contributed by atoms with Gasteiger partial charge in [0.15, 0.2) is 5.82 Å². The lowest BCUT2D eigenvalue weighted by molar-refractivity contribution is 0.606. The van der Waals surface area contributed by atoms with Crippen molar-refractivity contribution in [2.75, 3.05) is 5.73 Å². The number of benzene rings is 1. The average Bonchev–Trinajstić information content (AvgIpc) is 2.76. The van der Waals surface area contributed by atoms with E-state index in [0.29, 0.717) is 16.8 Å². The predicted molar refractivity (Wildman–Crippen MR) is 117 cm³/mol. The van der Waals surface area contributed by atoms with Crippen LogP contribution >= 0.6 is 0 Å². The number of pyridine rings is 2. The smallest absolute Gasteiger partial charge is 0.247 e. The van der Waals surface area contributed by atoms with Crippen LogP contribution in [0.1, 0.15) is 5.69 Å². The highest BCUT2D eigenvalue weighted by molar-refractivity contribution is 5.92. The zero-order valence-corrected chi connectivity index (χ0v) is 16.3. The molecule has 0 radical (unpaired) electrons. The molecule has 0 unspecified atom stereocenters. The van der Waals surface area contributed by atoms with E-state index in [1.54, 1.807) is 6.07 Å². The topological polar surface area (TPSA) is 136 Å². The fraction of sp³-hybridized carbons (Fsp3) is 0.0455. The van der Waals surface area contributed by atoms with E-state index >= 15 is 0 Å². The number of nitrogens with two attached hydrogens (primary N) is 2. The second-order valence-corrected chi connectivity index (χ2v) is 6.65. The Kier molecular flexibility index (Phi) is 5.48. The van der Waals surface area contributed by atoms with Gasteiger partial charge in [0.1, 0.15) is 11.7 Å². The first kappa shape index (κ1) is 19.9. The number of amidine groups is 1. The number of hydrogen-bond donors (Lipinski definition) is 3. The zero-order chi connectivity index (χ0) is 21.8. The number of anilines is 1. The van der Waals surface area contributed by atoms with Crippen LogP contribution in [0.25, 0.3) is 22.4 Å². The van der Waals surface area contributed by atoms with Gasteiger partial charge in [0.25, 0.3) is 0 Å². The molecule has 0 aliphatic carbocycles. The van der Waals surface area contributed by atoms with Crippen LogP contribution in [-0.2, 0) is 6.42 Å². The van der Waals surface area contributed by atoms with Crippen LogP contribution in [0.15, 0.2) is 76.8 Å². The molecular weight excluding hydrogens is 397 g/mol. The van der Waals surface area contributed by atoms with Gasteiger partial charge in [0.05, 0.1) is 23.4 Å². The number of rotatable bonds is 5. The number of nitrogen functional groups attached to an aromatic ring is 1. The summed E-state index contributed by atoms with van der Waals surface area (Å²) in [4.78, 5) is 31.3. The molecule has 3 aromatic heterocycles. The van der Waals surface area contributed by atoms with Crippen LogP contribution in [0.4, 0.5) is 16.2 Å². The molecule has 0 atom stereocenters. The van der Waals surface area contributed by atoms with Crippen LogP contribution in [0, 0.1) is 5.82 Å². The Balaban J connectivity index is 1.89. The summed E-state index contributed by atoms with van der Waals surface area (Å²) in [6.07, 6.45) is 3.01. The normalized spacial score (nSPS) is 11.5. The van der Waals surface area contributed by atoms with E-state index < -0.39 is 5.82 Å². The molecule has 0 aliphatic rings. The third-order valence-electron chi connectivity index (χ3n) is 4.46. The van der Waals surface area contributed by atoms with Gasteiger partial charge in [-0.25, -0.2) is 14.4 Å². The van der Waals surface area contributed by atoms with Crippen molar-refractivity contribution < 1.29 is 4.39 Å². The summed E-state index contributed by atoms with van der Waals surface area (Å²) in [6, 6.07) is 15.2. The molecule has 0 amide bonds. The molecule has 0 fully saturated rings. The molecule has 0 saturated heterocycles. The summed E-state index contributed by atoms with van der Waals surface area (Å²) in [5.41, 5.74) is 14.4. The number of H-pyrrole nitrogens is 1. The van der Waals surface area contributed by atoms with Crippen molar-refractivity contribution in [2.24, 2.45) is 10.7 Å². The van der Waals surface area contributed by atoms with Gasteiger partial charge < -0.3 is 16.5 Å². The second kappa shape index (κ2) is 8.54. The third-order valence-corrected chi connectivity index (χ3v) is 4.46. The molecule has 0 saturated carbocycles. The molecule has 8 nitrogen and oxygen atoms in total. The van der Waals surface area contributed by atoms with E-state index in [9.17, 15) is 9.18 Å². The standard InChI is InChI=1S/C22H18FN7O/c23-15-7-4-10-26-16(15)11-17(24)28-21-19(14-8-9-18(31)27-12-14)20(29-22(25)30-21)13-5-2-1-3-6-13/h1-10,12H,11H2,(H,27,31)(H4,24,25,28,29,30). The summed E-state index contributed by atoms with van der Waals surface area (Å²) in [6.45, 7) is 0. The van der Waals surface area contributed by atoms with E-state index in [1.807, 2.05) is 30.3 Å². The molecule has 5 N–H and O–H groups in total. The quantitative estimate of drug-likeness (QED) is 0.339. The van der Waals surface area contributed by atoms with Crippen LogP contribution in [-0.4, -0.2) is 25.8 Å². The van der Waals surface area contributed by atoms with Crippen LogP contribution < -0.4 is 17.0 Å². The minimum Gasteiger partial charge on any atom is -0.387 e. The van der Waals surface area contributed by atoms with E-state index in [0.717, 1.165) is 5.56 Å². The Bertz CT molecular complexity index is 1300. The summed E-state index contributed by atoms with van der Waals surface area (Å²) < 4.78 is 14.0. The molecule has 31 heavy (non-hydrogen) atoms. The maximum absolute atomic E-state index is 14.0. The molecule has 1 aromatic carbocycles. The van der Waals surface area contributed by atoms with Crippen molar-refractivity contribution in [1.82, 2.24) is 19.9 Å². The summed E-state index contributed by atoms with van der Waals surface area (Å²) in [5, 5.41) is 0. The number of aromatic nitrogens is 4. The van der Waals surface area contributed by atoms with Gasteiger partial charge in [-0.15, -0.1) is 0 Å². The second-order valence-electron chi connectivity index (χ2n) is 6.65. The van der Waals surface area contributed by atoms with Crippen molar-refractivity contribution in [3.05, 3.63) is 88.9 Å². The highest BCUT2D eigenvalue weighted by Crippen LogP contribution is 2.37. The van der Waals surface area contributed by atoms with Gasteiger partial charge in [0, 0.05) is 29.6 Å². The Morgan fingerprint density at radius 2 is 1.84 bits per heavy atom. The minimum absolute atomic E-state index is 0.00240. The van der Waals surface area contributed by atoms with Crippen molar-refractivity contribution in [1.29, 1.82) is 0 Å². The largest absolute Gasteiger partial charge is 0.387 e. The first-order chi connectivity index (χ1) is 15.0. The number of aliphatic imine (C=N–C) groups is 1. The summed E-state index contributed by atoms with van der Waals surface area (Å²) in [5.74, 6) is -0.177. The van der Waals surface area contributed by atoms with Gasteiger partial charge >= 0.3 is 0 Å². The Morgan fingerprint density at radius 3 is 2.55 bits per heavy atom. The number of nitrogens with zero attached hydrogens (tertiary/aromatic N) is 4. The van der Waals surface area contributed by atoms with Gasteiger partial charge in [0.2, 0.25) is 11.5 Å². The molecule has 4 rings (SSSR count). The minimum atomic E-state index is -0.478. The third kappa shape index (κ3) is 4.45. The fourth-order valence-corrected chi connectivity index (χ4v) is 3.08. The maximum Gasteiger partial charge on any atom is 0.247 e. The molecule has 0 spiro atoms. The molecule has 154 valence electrons. The molecule has 0 aliphatic heterocycles. The first-order valence-electron chi connectivity index (χ1n) is 9.36. The molecular formula is C22H18FN7O. The highest BCUT2D eigenvalue weighted by atomic mass is 19.1. The van der Waals surface area contributed by atoms with Crippen LogP contribution in [0.5, 0.6) is 0 Å². The van der Waals surface area contributed by atoms with E-state index in [4.69, 9.17) is 11.5 Å². The Hall–Kier alpha value is -4.40. The molecule has 0 bridgehead atoms. The van der Waals surface area contributed by atoms with E-state index in [2.05, 4.69) is 24.9 Å². The number of halogens is 1. The summed E-state index contributed by atoms with van der Waals surface area (Å²) in [7, 11) is 0. The van der Waals surface area contributed by atoms with Crippen molar-refractivity contribution in [3.8, 4) is 22.4 Å².